The first-order chi connectivity index (χ1) is 9.15. The Morgan fingerprint density at radius 3 is 2.42 bits per heavy atom. The highest BCUT2D eigenvalue weighted by Gasteiger charge is 2.16. The summed E-state index contributed by atoms with van der Waals surface area (Å²) in [5, 5.41) is 2.41. The Kier molecular flexibility index (Phi) is 3.25. The quantitative estimate of drug-likeness (QED) is 0.547. The molecule has 0 amide bonds. The summed E-state index contributed by atoms with van der Waals surface area (Å²) in [4.78, 5) is 0. The smallest absolute Gasteiger partial charge is 0.126 e. The lowest BCUT2D eigenvalue weighted by molar-refractivity contribution is 0.580. The van der Waals surface area contributed by atoms with Gasteiger partial charge < -0.3 is 0 Å². The Morgan fingerprint density at radius 1 is 1.00 bits per heavy atom. The third kappa shape index (κ3) is 2.36. The van der Waals surface area contributed by atoms with Crippen molar-refractivity contribution in [1.29, 1.82) is 0 Å². The minimum atomic E-state index is -0.611. The summed E-state index contributed by atoms with van der Waals surface area (Å²) >= 11 is 7.94. The fourth-order valence-electron chi connectivity index (χ4n) is 2.10. The molecule has 1 heterocycles. The van der Waals surface area contributed by atoms with Crippen LogP contribution >= 0.6 is 22.9 Å². The third-order valence-electron chi connectivity index (χ3n) is 2.96. The standard InChI is InChI=1S/C15H9ClF2S/c16-15(9-5-10(17)7-11(18)6-9)13-8-19-14-4-2-1-3-12(13)14/h1-8,15H. The predicted octanol–water partition coefficient (Wildman–Crippen LogP) is 5.51. The summed E-state index contributed by atoms with van der Waals surface area (Å²) in [7, 11) is 0. The van der Waals surface area contributed by atoms with Crippen LogP contribution in [-0.4, -0.2) is 0 Å². The molecule has 0 N–H and O–H groups in total. The van der Waals surface area contributed by atoms with Gasteiger partial charge in [-0.25, -0.2) is 8.78 Å². The predicted molar refractivity (Wildman–Crippen MR) is 75.9 cm³/mol. The lowest BCUT2D eigenvalue weighted by Gasteiger charge is -2.09. The van der Waals surface area contributed by atoms with Gasteiger partial charge in [-0.3, -0.25) is 0 Å². The molecule has 4 heteroatoms. The molecule has 19 heavy (non-hydrogen) atoms. The fraction of sp³-hybridized carbons (Fsp3) is 0.0667. The molecule has 0 aliphatic rings. The molecule has 1 unspecified atom stereocenters. The van der Waals surface area contributed by atoms with Gasteiger partial charge in [-0.1, -0.05) is 18.2 Å². The fourth-order valence-corrected chi connectivity index (χ4v) is 3.46. The van der Waals surface area contributed by atoms with Gasteiger partial charge in [0, 0.05) is 10.8 Å². The molecule has 0 radical (unpaired) electrons. The van der Waals surface area contributed by atoms with Crippen LogP contribution in [0, 0.1) is 11.6 Å². The van der Waals surface area contributed by atoms with Crippen molar-refractivity contribution in [3.8, 4) is 0 Å². The molecule has 0 aliphatic heterocycles. The van der Waals surface area contributed by atoms with Crippen LogP contribution in [0.2, 0.25) is 0 Å². The number of thiophene rings is 1. The van der Waals surface area contributed by atoms with E-state index >= 15 is 0 Å². The Labute approximate surface area is 118 Å². The molecule has 3 rings (SSSR count). The van der Waals surface area contributed by atoms with E-state index in [1.54, 1.807) is 11.3 Å². The van der Waals surface area contributed by atoms with E-state index in [0.29, 0.717) is 5.56 Å². The van der Waals surface area contributed by atoms with Gasteiger partial charge in [0.25, 0.3) is 0 Å². The molecule has 1 aromatic heterocycles. The zero-order valence-electron chi connectivity index (χ0n) is 9.74. The van der Waals surface area contributed by atoms with Crippen LogP contribution in [0.3, 0.4) is 0 Å². The Morgan fingerprint density at radius 2 is 1.68 bits per heavy atom. The van der Waals surface area contributed by atoms with Crippen LogP contribution in [0.1, 0.15) is 16.5 Å². The second kappa shape index (κ2) is 4.91. The monoisotopic (exact) mass is 294 g/mol. The zero-order chi connectivity index (χ0) is 13.4. The highest BCUT2D eigenvalue weighted by molar-refractivity contribution is 7.17. The van der Waals surface area contributed by atoms with E-state index in [4.69, 9.17) is 11.6 Å². The van der Waals surface area contributed by atoms with Crippen molar-refractivity contribution in [3.05, 3.63) is 70.6 Å². The van der Waals surface area contributed by atoms with E-state index in [9.17, 15) is 8.78 Å². The molecule has 0 bridgehead atoms. The van der Waals surface area contributed by atoms with Crippen molar-refractivity contribution in [3.63, 3.8) is 0 Å². The van der Waals surface area contributed by atoms with Gasteiger partial charge in [-0.2, -0.15) is 0 Å². The normalized spacial score (nSPS) is 12.8. The molecule has 0 saturated carbocycles. The van der Waals surface area contributed by atoms with Crippen LogP contribution in [0.5, 0.6) is 0 Å². The molecule has 0 nitrogen and oxygen atoms in total. The molecule has 0 spiro atoms. The summed E-state index contributed by atoms with van der Waals surface area (Å²) < 4.78 is 27.6. The van der Waals surface area contributed by atoms with Gasteiger partial charge in [0.05, 0.1) is 5.38 Å². The van der Waals surface area contributed by atoms with Crippen molar-refractivity contribution in [2.75, 3.05) is 0 Å². The lowest BCUT2D eigenvalue weighted by atomic mass is 10.0. The molecular formula is C15H9ClF2S. The van der Waals surface area contributed by atoms with Crippen LogP contribution in [0.25, 0.3) is 10.1 Å². The number of halogens is 3. The first-order valence-corrected chi connectivity index (χ1v) is 7.03. The molecule has 96 valence electrons. The molecule has 0 saturated heterocycles. The van der Waals surface area contributed by atoms with Crippen molar-refractivity contribution >= 4 is 33.0 Å². The highest BCUT2D eigenvalue weighted by atomic mass is 35.5. The Bertz CT molecular complexity index is 716. The summed E-state index contributed by atoms with van der Waals surface area (Å²) in [6.07, 6.45) is 0. The average molecular weight is 295 g/mol. The summed E-state index contributed by atoms with van der Waals surface area (Å²) in [6, 6.07) is 11.2. The van der Waals surface area contributed by atoms with Crippen molar-refractivity contribution in [2.45, 2.75) is 5.38 Å². The second-order valence-electron chi connectivity index (χ2n) is 4.25. The Hall–Kier alpha value is -1.45. The third-order valence-corrected chi connectivity index (χ3v) is 4.43. The minimum absolute atomic E-state index is 0.433. The number of benzene rings is 2. The van der Waals surface area contributed by atoms with E-state index < -0.39 is 17.0 Å². The minimum Gasteiger partial charge on any atom is -0.207 e. The van der Waals surface area contributed by atoms with Crippen molar-refractivity contribution < 1.29 is 8.78 Å². The van der Waals surface area contributed by atoms with Gasteiger partial charge >= 0.3 is 0 Å². The van der Waals surface area contributed by atoms with Gasteiger partial charge in [-0.05, 0) is 40.1 Å². The number of fused-ring (bicyclic) bond motifs is 1. The van der Waals surface area contributed by atoms with E-state index in [0.717, 1.165) is 21.7 Å². The first-order valence-electron chi connectivity index (χ1n) is 5.71. The van der Waals surface area contributed by atoms with Crippen molar-refractivity contribution in [1.82, 2.24) is 0 Å². The summed E-state index contributed by atoms with van der Waals surface area (Å²) in [5.41, 5.74) is 1.31. The number of hydrogen-bond acceptors (Lipinski definition) is 1. The van der Waals surface area contributed by atoms with Crippen LogP contribution in [0.15, 0.2) is 47.8 Å². The number of rotatable bonds is 2. The molecule has 3 aromatic rings. The van der Waals surface area contributed by atoms with Crippen molar-refractivity contribution in [2.24, 2.45) is 0 Å². The molecule has 0 aliphatic carbocycles. The van der Waals surface area contributed by atoms with E-state index in [1.165, 1.54) is 12.1 Å². The van der Waals surface area contributed by atoms with E-state index in [2.05, 4.69) is 0 Å². The zero-order valence-corrected chi connectivity index (χ0v) is 11.3. The van der Waals surface area contributed by atoms with Crippen LogP contribution in [-0.2, 0) is 0 Å². The largest absolute Gasteiger partial charge is 0.207 e. The lowest BCUT2D eigenvalue weighted by Crippen LogP contribution is -1.94. The maximum Gasteiger partial charge on any atom is 0.126 e. The molecule has 0 fully saturated rings. The number of hydrogen-bond donors (Lipinski definition) is 0. The molecule has 2 aromatic carbocycles. The first kappa shape index (κ1) is 12.6. The molecule has 1 atom stereocenters. The Balaban J connectivity index is 2.10. The van der Waals surface area contributed by atoms with Crippen LogP contribution in [0.4, 0.5) is 8.78 Å². The average Bonchev–Trinajstić information content (AvgIpc) is 2.80. The maximum absolute atomic E-state index is 13.2. The molecular weight excluding hydrogens is 286 g/mol. The second-order valence-corrected chi connectivity index (χ2v) is 5.60. The SMILES string of the molecule is Fc1cc(F)cc(C(Cl)c2csc3ccccc23)c1. The van der Waals surface area contributed by atoms with Gasteiger partial charge in [0.2, 0.25) is 0 Å². The highest BCUT2D eigenvalue weighted by Crippen LogP contribution is 2.37. The number of alkyl halides is 1. The summed E-state index contributed by atoms with van der Waals surface area (Å²) in [5.74, 6) is -1.22. The maximum atomic E-state index is 13.2. The van der Waals surface area contributed by atoms with Gasteiger partial charge in [0.1, 0.15) is 11.6 Å². The van der Waals surface area contributed by atoms with Gasteiger partial charge in [-0.15, -0.1) is 22.9 Å². The topological polar surface area (TPSA) is 0 Å². The van der Waals surface area contributed by atoms with E-state index in [1.807, 2.05) is 29.6 Å². The van der Waals surface area contributed by atoms with Crippen LogP contribution < -0.4 is 0 Å². The van der Waals surface area contributed by atoms with E-state index in [-0.39, 0.29) is 0 Å². The summed E-state index contributed by atoms with van der Waals surface area (Å²) in [6.45, 7) is 0. The van der Waals surface area contributed by atoms with Gasteiger partial charge in [0.15, 0.2) is 0 Å².